The van der Waals surface area contributed by atoms with E-state index in [-0.39, 0.29) is 5.97 Å². The van der Waals surface area contributed by atoms with E-state index in [4.69, 9.17) is 10.6 Å². The van der Waals surface area contributed by atoms with E-state index in [1.807, 2.05) is 41.8 Å². The Morgan fingerprint density at radius 3 is 2.78 bits per heavy atom. The highest BCUT2D eigenvalue weighted by Crippen LogP contribution is 2.40. The molecular formula is C17H14N2O2S2. The smallest absolute Gasteiger partial charge is 0.348 e. The summed E-state index contributed by atoms with van der Waals surface area (Å²) in [6, 6.07) is 11.6. The number of rotatable bonds is 2. The Hall–Kier alpha value is -2.20. The van der Waals surface area contributed by atoms with Gasteiger partial charge in [0.05, 0.1) is 17.9 Å². The van der Waals surface area contributed by atoms with E-state index in [2.05, 4.69) is 11.8 Å². The summed E-state index contributed by atoms with van der Waals surface area (Å²) in [6.07, 6.45) is 0. The Bertz CT molecular complexity index is 816. The Morgan fingerprint density at radius 1 is 1.26 bits per heavy atom. The minimum Gasteiger partial charge on any atom is -0.465 e. The zero-order valence-corrected chi connectivity index (χ0v) is 14.0. The first-order valence-electron chi connectivity index (χ1n) is 6.83. The molecule has 0 bridgehead atoms. The molecule has 116 valence electrons. The molecule has 0 saturated heterocycles. The highest BCUT2D eigenvalue weighted by Gasteiger charge is 2.26. The molecular weight excluding hydrogens is 328 g/mol. The second-order valence-electron chi connectivity index (χ2n) is 4.69. The summed E-state index contributed by atoms with van der Waals surface area (Å²) in [5.41, 5.74) is 2.47. The highest BCUT2D eigenvalue weighted by molar-refractivity contribution is 8.08. The Morgan fingerprint density at radius 2 is 2.04 bits per heavy atom. The second-order valence-corrected chi connectivity index (χ2v) is 6.56. The van der Waals surface area contributed by atoms with Crippen LogP contribution in [0.2, 0.25) is 0 Å². The first kappa shape index (κ1) is 15.7. The molecule has 2 N–H and O–H groups in total. The standard InChI is InChI=1S/C17H14N2O2S2/c1-21-17(20)16-13(9-10-22-16)15-14(19(18)11-23-15)8-7-12-5-3-2-4-6-12/h2-6,9-10H,11,18H2,1H3. The quantitative estimate of drug-likeness (QED) is 0.516. The number of benzene rings is 1. The molecule has 3 rings (SSSR count). The van der Waals surface area contributed by atoms with Gasteiger partial charge in [0.1, 0.15) is 10.6 Å². The number of ether oxygens (including phenoxy) is 1. The van der Waals surface area contributed by atoms with Gasteiger partial charge >= 0.3 is 5.97 Å². The van der Waals surface area contributed by atoms with Gasteiger partial charge in [-0.15, -0.1) is 11.3 Å². The van der Waals surface area contributed by atoms with Crippen LogP contribution in [-0.2, 0) is 4.74 Å². The molecule has 0 spiro atoms. The predicted molar refractivity (Wildman–Crippen MR) is 94.4 cm³/mol. The van der Waals surface area contributed by atoms with Gasteiger partial charge in [-0.3, -0.25) is 5.01 Å². The Labute approximate surface area is 142 Å². The van der Waals surface area contributed by atoms with Crippen molar-refractivity contribution >= 4 is 34.0 Å². The second kappa shape index (κ2) is 6.92. The van der Waals surface area contributed by atoms with Gasteiger partial charge in [0.25, 0.3) is 0 Å². The van der Waals surface area contributed by atoms with Gasteiger partial charge in [-0.2, -0.15) is 0 Å². The van der Waals surface area contributed by atoms with Crippen LogP contribution in [-0.4, -0.2) is 24.0 Å². The summed E-state index contributed by atoms with van der Waals surface area (Å²) >= 11 is 2.93. The lowest BCUT2D eigenvalue weighted by atomic mass is 10.2. The van der Waals surface area contributed by atoms with E-state index in [0.29, 0.717) is 10.8 Å². The van der Waals surface area contributed by atoms with Gasteiger partial charge in [-0.1, -0.05) is 35.9 Å². The van der Waals surface area contributed by atoms with E-state index in [1.54, 1.807) is 16.8 Å². The monoisotopic (exact) mass is 342 g/mol. The molecule has 1 aromatic carbocycles. The normalized spacial score (nSPS) is 13.7. The van der Waals surface area contributed by atoms with Crippen molar-refractivity contribution in [1.82, 2.24) is 5.01 Å². The molecule has 0 unspecified atom stereocenters. The molecule has 1 aromatic heterocycles. The van der Waals surface area contributed by atoms with E-state index in [0.717, 1.165) is 21.7 Å². The molecule has 0 saturated carbocycles. The first-order valence-corrected chi connectivity index (χ1v) is 8.70. The van der Waals surface area contributed by atoms with Crippen LogP contribution in [0.5, 0.6) is 0 Å². The third-order valence-corrected chi connectivity index (χ3v) is 5.23. The van der Waals surface area contributed by atoms with Crippen molar-refractivity contribution in [2.75, 3.05) is 13.0 Å². The average molecular weight is 342 g/mol. The Kier molecular flexibility index (Phi) is 4.72. The van der Waals surface area contributed by atoms with Crippen LogP contribution < -0.4 is 5.84 Å². The van der Waals surface area contributed by atoms with Gasteiger partial charge in [-0.25, -0.2) is 10.6 Å². The summed E-state index contributed by atoms with van der Waals surface area (Å²) in [4.78, 5) is 13.4. The number of allylic oxidation sites excluding steroid dienone is 1. The maximum atomic E-state index is 11.9. The van der Waals surface area contributed by atoms with Crippen molar-refractivity contribution in [2.45, 2.75) is 0 Å². The van der Waals surface area contributed by atoms with E-state index in [9.17, 15) is 4.79 Å². The SMILES string of the molecule is COC(=O)c1sccc1C1=C(C#Cc2ccccc2)N(N)CS1. The number of hydrazine groups is 1. The maximum Gasteiger partial charge on any atom is 0.348 e. The van der Waals surface area contributed by atoms with Crippen LogP contribution in [0.4, 0.5) is 0 Å². The summed E-state index contributed by atoms with van der Waals surface area (Å²) in [5.74, 6) is 12.5. The summed E-state index contributed by atoms with van der Waals surface area (Å²) in [5, 5.41) is 3.48. The lowest BCUT2D eigenvalue weighted by molar-refractivity contribution is 0.0606. The largest absolute Gasteiger partial charge is 0.465 e. The van der Waals surface area contributed by atoms with Crippen molar-refractivity contribution in [3.05, 3.63) is 63.5 Å². The highest BCUT2D eigenvalue weighted by atomic mass is 32.2. The zero-order valence-electron chi connectivity index (χ0n) is 12.4. The van der Waals surface area contributed by atoms with Crippen molar-refractivity contribution in [3.8, 4) is 11.8 Å². The lowest BCUT2D eigenvalue weighted by Crippen LogP contribution is -2.25. The van der Waals surface area contributed by atoms with Gasteiger partial charge < -0.3 is 4.74 Å². The fourth-order valence-corrected chi connectivity index (χ4v) is 4.03. The molecule has 0 amide bonds. The zero-order chi connectivity index (χ0) is 16.2. The van der Waals surface area contributed by atoms with Crippen molar-refractivity contribution in [2.24, 2.45) is 5.84 Å². The number of carbonyl (C=O) groups is 1. The number of nitrogens with zero attached hydrogens (tertiary/aromatic N) is 1. The number of carbonyl (C=O) groups excluding carboxylic acids is 1. The predicted octanol–water partition coefficient (Wildman–Crippen LogP) is 3.14. The number of nitrogens with two attached hydrogens (primary N) is 1. The molecule has 4 nitrogen and oxygen atoms in total. The molecule has 0 fully saturated rings. The summed E-state index contributed by atoms with van der Waals surface area (Å²) in [6.45, 7) is 0. The number of esters is 1. The van der Waals surface area contributed by atoms with Crippen LogP contribution >= 0.6 is 23.1 Å². The fraction of sp³-hybridized carbons (Fsp3) is 0.118. The first-order chi connectivity index (χ1) is 11.2. The van der Waals surface area contributed by atoms with Gasteiger partial charge in [0.15, 0.2) is 0 Å². The summed E-state index contributed by atoms with van der Waals surface area (Å²) in [7, 11) is 1.38. The molecule has 6 heteroatoms. The van der Waals surface area contributed by atoms with Crippen LogP contribution in [0, 0.1) is 11.8 Å². The number of thioether (sulfide) groups is 1. The molecule has 0 aliphatic carbocycles. The van der Waals surface area contributed by atoms with Crippen molar-refractivity contribution in [1.29, 1.82) is 0 Å². The molecule has 2 heterocycles. The van der Waals surface area contributed by atoms with Crippen LogP contribution in [0.15, 0.2) is 47.5 Å². The minimum absolute atomic E-state index is 0.339. The Balaban J connectivity index is 2.03. The van der Waals surface area contributed by atoms with Crippen molar-refractivity contribution < 1.29 is 9.53 Å². The van der Waals surface area contributed by atoms with Gasteiger partial charge in [0, 0.05) is 11.1 Å². The fourth-order valence-electron chi connectivity index (χ4n) is 2.12. The van der Waals surface area contributed by atoms with Crippen LogP contribution in [0.25, 0.3) is 4.91 Å². The molecule has 1 aliphatic heterocycles. The average Bonchev–Trinajstić information content (AvgIpc) is 3.19. The van der Waals surface area contributed by atoms with Crippen LogP contribution in [0.3, 0.4) is 0 Å². The van der Waals surface area contributed by atoms with E-state index < -0.39 is 0 Å². The van der Waals surface area contributed by atoms with E-state index >= 15 is 0 Å². The number of thiophene rings is 1. The molecule has 0 radical (unpaired) electrons. The maximum absolute atomic E-state index is 11.9. The third kappa shape index (κ3) is 3.27. The molecule has 1 aliphatic rings. The lowest BCUT2D eigenvalue weighted by Gasteiger charge is -2.09. The number of methoxy groups -OCH3 is 1. The molecule has 0 atom stereocenters. The number of hydrogen-bond acceptors (Lipinski definition) is 6. The third-order valence-electron chi connectivity index (χ3n) is 3.23. The molecule has 2 aromatic rings. The molecule has 23 heavy (non-hydrogen) atoms. The van der Waals surface area contributed by atoms with Crippen LogP contribution in [0.1, 0.15) is 20.8 Å². The van der Waals surface area contributed by atoms with E-state index in [1.165, 1.54) is 18.4 Å². The van der Waals surface area contributed by atoms with Crippen molar-refractivity contribution in [3.63, 3.8) is 0 Å². The van der Waals surface area contributed by atoms with Gasteiger partial charge in [-0.05, 0) is 29.5 Å². The number of hydrogen-bond donors (Lipinski definition) is 1. The topological polar surface area (TPSA) is 55.6 Å². The summed E-state index contributed by atoms with van der Waals surface area (Å²) < 4.78 is 4.84. The minimum atomic E-state index is -0.339. The van der Waals surface area contributed by atoms with Gasteiger partial charge in [0.2, 0.25) is 0 Å².